The number of nitrogens with two attached hydrogens (primary N) is 1. The van der Waals surface area contributed by atoms with Gasteiger partial charge in [-0.1, -0.05) is 32.1 Å². The van der Waals surface area contributed by atoms with E-state index in [2.05, 4.69) is 11.9 Å². The van der Waals surface area contributed by atoms with E-state index in [9.17, 15) is 4.79 Å². The summed E-state index contributed by atoms with van der Waals surface area (Å²) >= 11 is 0. The number of ether oxygens (including phenoxy) is 2. The van der Waals surface area contributed by atoms with Crippen LogP contribution in [0.25, 0.3) is 0 Å². The molecule has 1 aromatic rings. The fourth-order valence-corrected chi connectivity index (χ4v) is 2.18. The van der Waals surface area contributed by atoms with Gasteiger partial charge in [-0.3, -0.25) is 4.79 Å². The molecule has 0 radical (unpaired) electrons. The predicted molar refractivity (Wildman–Crippen MR) is 104 cm³/mol. The highest BCUT2D eigenvalue weighted by atomic mass is 16.5. The molecule has 0 saturated heterocycles. The Labute approximate surface area is 151 Å². The van der Waals surface area contributed by atoms with Gasteiger partial charge in [-0.25, -0.2) is 0 Å². The average Bonchev–Trinajstić information content (AvgIpc) is 2.62. The molecule has 3 N–H and O–H groups in total. The number of carbonyl (C=O) groups excluding carboxylic acids is 1. The Hall–Kier alpha value is -2.43. The molecule has 0 aliphatic heterocycles. The normalized spacial score (nSPS) is 12.5. The Morgan fingerprint density at radius 3 is 2.36 bits per heavy atom. The summed E-state index contributed by atoms with van der Waals surface area (Å²) in [5.41, 5.74) is 8.36. The van der Waals surface area contributed by atoms with E-state index in [0.717, 1.165) is 42.0 Å². The van der Waals surface area contributed by atoms with E-state index < -0.39 is 0 Å². The number of allylic oxidation sites excluding steroid dienone is 3. The maximum atomic E-state index is 10.4. The van der Waals surface area contributed by atoms with Crippen LogP contribution in [-0.2, 0) is 4.79 Å². The van der Waals surface area contributed by atoms with E-state index in [1.165, 1.54) is 5.56 Å². The van der Waals surface area contributed by atoms with Crippen LogP contribution in [0.3, 0.4) is 0 Å². The molecule has 5 heteroatoms. The summed E-state index contributed by atoms with van der Waals surface area (Å²) < 4.78 is 10.2. The minimum absolute atomic E-state index is 0.221. The third-order valence-corrected chi connectivity index (χ3v) is 3.35. The molecule has 1 amide bonds. The second-order valence-corrected chi connectivity index (χ2v) is 5.36. The van der Waals surface area contributed by atoms with Gasteiger partial charge in [-0.05, 0) is 50.0 Å². The lowest BCUT2D eigenvalue weighted by molar-refractivity contribution is -0.117. The maximum absolute atomic E-state index is 10.4. The number of rotatable bonds is 5. The number of hydrogen-bond acceptors (Lipinski definition) is 4. The summed E-state index contributed by atoms with van der Waals surface area (Å²) in [5, 5.41) is 2.98. The van der Waals surface area contributed by atoms with Crippen molar-refractivity contribution in [2.75, 3.05) is 20.8 Å². The van der Waals surface area contributed by atoms with Gasteiger partial charge < -0.3 is 20.5 Å². The minimum Gasteiger partial charge on any atom is -0.493 e. The highest BCUT2D eigenvalue weighted by Crippen LogP contribution is 2.26. The van der Waals surface area contributed by atoms with Crippen molar-refractivity contribution < 1.29 is 14.3 Å². The van der Waals surface area contributed by atoms with Gasteiger partial charge in [0, 0.05) is 5.70 Å². The zero-order chi connectivity index (χ0) is 19.2. The van der Waals surface area contributed by atoms with Crippen molar-refractivity contribution in [2.45, 2.75) is 40.0 Å². The molecular formula is C20H32N2O3. The van der Waals surface area contributed by atoms with Gasteiger partial charge in [0.2, 0.25) is 5.91 Å². The molecule has 0 aromatic heterocycles. The van der Waals surface area contributed by atoms with Gasteiger partial charge in [0.15, 0.2) is 11.5 Å². The second kappa shape index (κ2) is 12.9. The van der Waals surface area contributed by atoms with Gasteiger partial charge in [0.1, 0.15) is 0 Å². The van der Waals surface area contributed by atoms with E-state index in [1.807, 2.05) is 45.0 Å². The Balaban J connectivity index is 0.000000421. The molecule has 1 aliphatic rings. The smallest absolute Gasteiger partial charge is 0.236 e. The van der Waals surface area contributed by atoms with E-state index in [-0.39, 0.29) is 12.5 Å². The van der Waals surface area contributed by atoms with Gasteiger partial charge in [0.05, 0.1) is 20.8 Å². The molecule has 0 spiro atoms. The maximum Gasteiger partial charge on any atom is 0.236 e. The lowest BCUT2D eigenvalue weighted by Gasteiger charge is -2.15. The fourth-order valence-electron chi connectivity index (χ4n) is 2.18. The number of methoxy groups -OCH3 is 2. The number of primary amides is 1. The first kappa shape index (κ1) is 22.6. The highest BCUT2D eigenvalue weighted by Gasteiger charge is 2.05. The van der Waals surface area contributed by atoms with Crippen molar-refractivity contribution in [3.63, 3.8) is 0 Å². The van der Waals surface area contributed by atoms with Crippen LogP contribution in [0.1, 0.15) is 38.7 Å². The summed E-state index contributed by atoms with van der Waals surface area (Å²) in [6.45, 7) is 10.1. The number of benzene rings is 1. The fraction of sp³-hybridized carbons (Fsp3) is 0.450. The van der Waals surface area contributed by atoms with Crippen molar-refractivity contribution in [3.05, 3.63) is 47.7 Å². The lowest BCUT2D eigenvalue weighted by atomic mass is 10.0. The van der Waals surface area contributed by atoms with Crippen LogP contribution in [0.5, 0.6) is 11.5 Å². The largest absolute Gasteiger partial charge is 0.493 e. The second-order valence-electron chi connectivity index (χ2n) is 5.36. The van der Waals surface area contributed by atoms with Crippen LogP contribution >= 0.6 is 0 Å². The van der Waals surface area contributed by atoms with Crippen LogP contribution in [0.15, 0.2) is 42.1 Å². The third-order valence-electron chi connectivity index (χ3n) is 3.35. The molecule has 0 bridgehead atoms. The van der Waals surface area contributed by atoms with Crippen LogP contribution in [0.2, 0.25) is 0 Å². The average molecular weight is 348 g/mol. The van der Waals surface area contributed by atoms with E-state index in [1.54, 1.807) is 14.2 Å². The van der Waals surface area contributed by atoms with Crippen LogP contribution in [-0.4, -0.2) is 26.7 Å². The molecule has 0 fully saturated rings. The molecule has 0 heterocycles. The highest BCUT2D eigenvalue weighted by molar-refractivity contribution is 5.76. The number of hydrogen-bond donors (Lipinski definition) is 2. The summed E-state index contributed by atoms with van der Waals surface area (Å²) in [7, 11) is 3.27. The zero-order valence-electron chi connectivity index (χ0n) is 16.1. The summed E-state index contributed by atoms with van der Waals surface area (Å²) in [5.74, 6) is 1.23. The van der Waals surface area contributed by atoms with Gasteiger partial charge in [-0.2, -0.15) is 0 Å². The first-order valence-corrected chi connectivity index (χ1v) is 8.55. The standard InChI is InChI=1S/C9H14N2O.C9H12O2.C2H6/c1-7-3-2-4-8(5-7)11-6-9(10)12;1-7-4-5-8(10-2)9(6-7)11-3;1-2/h5,11H,1-4,6H2,(H2,10,12);4-6H,1-3H3;1-2H3. The molecule has 140 valence electrons. The Morgan fingerprint density at radius 2 is 1.84 bits per heavy atom. The van der Waals surface area contributed by atoms with Crippen LogP contribution in [0.4, 0.5) is 0 Å². The van der Waals surface area contributed by atoms with Crippen molar-refractivity contribution in [3.8, 4) is 11.5 Å². The molecule has 0 saturated carbocycles. The molecule has 0 unspecified atom stereocenters. The van der Waals surface area contributed by atoms with Crippen LogP contribution in [0, 0.1) is 6.92 Å². The molecule has 2 rings (SSSR count). The van der Waals surface area contributed by atoms with Crippen molar-refractivity contribution in [1.82, 2.24) is 5.32 Å². The van der Waals surface area contributed by atoms with Gasteiger partial charge in [0.25, 0.3) is 0 Å². The minimum atomic E-state index is -0.327. The van der Waals surface area contributed by atoms with Gasteiger partial charge in [-0.15, -0.1) is 0 Å². The van der Waals surface area contributed by atoms with Crippen molar-refractivity contribution in [2.24, 2.45) is 5.73 Å². The van der Waals surface area contributed by atoms with E-state index >= 15 is 0 Å². The monoisotopic (exact) mass is 348 g/mol. The van der Waals surface area contributed by atoms with E-state index in [4.69, 9.17) is 15.2 Å². The van der Waals surface area contributed by atoms with Gasteiger partial charge >= 0.3 is 0 Å². The number of nitrogens with one attached hydrogen (secondary N) is 1. The number of aryl methyl sites for hydroxylation is 1. The quantitative estimate of drug-likeness (QED) is 0.850. The summed E-state index contributed by atoms with van der Waals surface area (Å²) in [6, 6.07) is 5.83. The van der Waals surface area contributed by atoms with Crippen molar-refractivity contribution >= 4 is 5.91 Å². The number of amides is 1. The summed E-state index contributed by atoms with van der Waals surface area (Å²) in [6.07, 6.45) is 5.15. The SMILES string of the molecule is C=C1C=C(NCC(N)=O)CCC1.CC.COc1ccc(C)cc1OC. The topological polar surface area (TPSA) is 73.6 Å². The molecule has 1 aliphatic carbocycles. The lowest BCUT2D eigenvalue weighted by Crippen LogP contribution is -2.28. The summed E-state index contributed by atoms with van der Waals surface area (Å²) in [4.78, 5) is 10.4. The molecule has 25 heavy (non-hydrogen) atoms. The Kier molecular flexibility index (Phi) is 11.7. The van der Waals surface area contributed by atoms with Crippen LogP contribution < -0.4 is 20.5 Å². The molecule has 0 atom stereocenters. The molecular weight excluding hydrogens is 316 g/mol. The Morgan fingerprint density at radius 1 is 1.20 bits per heavy atom. The number of carbonyl (C=O) groups is 1. The molecule has 1 aromatic carbocycles. The third kappa shape index (κ3) is 9.45. The first-order valence-electron chi connectivity index (χ1n) is 8.55. The predicted octanol–water partition coefficient (Wildman–Crippen LogP) is 3.72. The van der Waals surface area contributed by atoms with Crippen molar-refractivity contribution in [1.29, 1.82) is 0 Å². The molecule has 5 nitrogen and oxygen atoms in total. The zero-order valence-corrected chi connectivity index (χ0v) is 16.1. The van der Waals surface area contributed by atoms with E-state index in [0.29, 0.717) is 0 Å². The first-order chi connectivity index (χ1) is 12.0. The Bertz CT molecular complexity index is 580.